The van der Waals surface area contributed by atoms with E-state index in [2.05, 4.69) is 6.92 Å². The van der Waals surface area contributed by atoms with Gasteiger partial charge in [0.2, 0.25) is 0 Å². The maximum absolute atomic E-state index is 12.3. The number of carbonyl (C=O) groups excluding carboxylic acids is 3. The number of benzene rings is 1. The molecule has 1 aliphatic rings. The van der Waals surface area contributed by atoms with Gasteiger partial charge in [-0.15, -0.1) is 0 Å². The summed E-state index contributed by atoms with van der Waals surface area (Å²) in [4.78, 5) is 37.6. The molecule has 0 aliphatic carbocycles. The van der Waals surface area contributed by atoms with Gasteiger partial charge in [0.15, 0.2) is 0 Å². The molecule has 334 valence electrons. The summed E-state index contributed by atoms with van der Waals surface area (Å²) < 4.78 is 65.5. The fourth-order valence-electron chi connectivity index (χ4n) is 5.41. The smallest absolute Gasteiger partial charge is 0.305 e. The lowest BCUT2D eigenvalue weighted by atomic mass is 10.1. The third kappa shape index (κ3) is 28.0. The Morgan fingerprint density at radius 2 is 0.707 bits per heavy atom. The van der Waals surface area contributed by atoms with Gasteiger partial charge in [0, 0.05) is 6.42 Å². The van der Waals surface area contributed by atoms with Gasteiger partial charge in [-0.2, -0.15) is 0 Å². The lowest BCUT2D eigenvalue weighted by Gasteiger charge is -2.13. The van der Waals surface area contributed by atoms with E-state index in [9.17, 15) is 14.4 Å². The van der Waals surface area contributed by atoms with Crippen LogP contribution in [0, 0.1) is 0 Å². The molecule has 0 aromatic heterocycles. The summed E-state index contributed by atoms with van der Waals surface area (Å²) in [5, 5.41) is 0. The van der Waals surface area contributed by atoms with Gasteiger partial charge in [0.1, 0.15) is 6.61 Å². The molecule has 16 nitrogen and oxygen atoms in total. The Hall–Kier alpha value is -2.61. The molecule has 0 fully saturated rings. The SMILES string of the molecule is CCCCCCCCCC(=O)OCCOCCOCCOCCOCCOCCOCCOCCOCCOCCOCCOCCN1C(=O)c2ccccc2C1=O. The first-order valence-corrected chi connectivity index (χ1v) is 21.1. The van der Waals surface area contributed by atoms with E-state index in [1.807, 2.05) is 0 Å². The maximum Gasteiger partial charge on any atom is 0.305 e. The summed E-state index contributed by atoms with van der Waals surface area (Å²) in [6, 6.07) is 6.81. The predicted molar refractivity (Wildman–Crippen MR) is 214 cm³/mol. The molecule has 16 heteroatoms. The number of esters is 1. The number of carbonyl (C=O) groups is 3. The summed E-state index contributed by atoms with van der Waals surface area (Å²) >= 11 is 0. The van der Waals surface area contributed by atoms with Crippen LogP contribution in [0.3, 0.4) is 0 Å². The molecule has 0 radical (unpaired) electrons. The van der Waals surface area contributed by atoms with Gasteiger partial charge >= 0.3 is 5.97 Å². The van der Waals surface area contributed by atoms with E-state index in [1.54, 1.807) is 24.3 Å². The van der Waals surface area contributed by atoms with Gasteiger partial charge in [0.25, 0.3) is 11.8 Å². The zero-order chi connectivity index (χ0) is 41.4. The molecule has 0 saturated carbocycles. The highest BCUT2D eigenvalue weighted by atomic mass is 16.6. The van der Waals surface area contributed by atoms with Crippen molar-refractivity contribution in [1.29, 1.82) is 0 Å². The monoisotopic (exact) mass is 829 g/mol. The van der Waals surface area contributed by atoms with Crippen LogP contribution < -0.4 is 0 Å². The maximum atomic E-state index is 12.3. The molecule has 0 bridgehead atoms. The van der Waals surface area contributed by atoms with Crippen molar-refractivity contribution < 1.29 is 71.2 Å². The Kier molecular flexibility index (Phi) is 34.3. The van der Waals surface area contributed by atoms with Crippen molar-refractivity contribution in [2.75, 3.05) is 159 Å². The lowest BCUT2D eigenvalue weighted by molar-refractivity contribution is -0.145. The van der Waals surface area contributed by atoms with E-state index in [1.165, 1.54) is 37.0 Å². The Labute approximate surface area is 345 Å². The van der Waals surface area contributed by atoms with Gasteiger partial charge in [-0.1, -0.05) is 57.6 Å². The summed E-state index contributed by atoms with van der Waals surface area (Å²) in [5.41, 5.74) is 0.878. The average Bonchev–Trinajstić information content (AvgIpc) is 3.47. The molecular formula is C42H71NO15. The Morgan fingerprint density at radius 1 is 0.414 bits per heavy atom. The van der Waals surface area contributed by atoms with E-state index >= 15 is 0 Å². The molecule has 0 unspecified atom stereocenters. The van der Waals surface area contributed by atoms with Crippen LogP contribution in [0.5, 0.6) is 0 Å². The third-order valence-corrected chi connectivity index (χ3v) is 8.53. The minimum Gasteiger partial charge on any atom is -0.463 e. The summed E-state index contributed by atoms with van der Waals surface area (Å²) in [6.07, 6.45) is 8.75. The molecule has 2 rings (SSSR count). The molecule has 1 aromatic rings. The van der Waals surface area contributed by atoms with Crippen LogP contribution in [-0.2, 0) is 61.6 Å². The lowest BCUT2D eigenvalue weighted by Crippen LogP contribution is -2.33. The van der Waals surface area contributed by atoms with Crippen molar-refractivity contribution in [3.63, 3.8) is 0 Å². The molecule has 0 saturated heterocycles. The van der Waals surface area contributed by atoms with E-state index < -0.39 is 0 Å². The highest BCUT2D eigenvalue weighted by molar-refractivity contribution is 6.21. The minimum atomic E-state index is -0.281. The first kappa shape index (κ1) is 51.5. The number of amides is 2. The van der Waals surface area contributed by atoms with Gasteiger partial charge < -0.3 is 56.8 Å². The second-order valence-corrected chi connectivity index (χ2v) is 13.1. The van der Waals surface area contributed by atoms with Gasteiger partial charge in [-0.05, 0) is 18.6 Å². The van der Waals surface area contributed by atoms with Gasteiger partial charge in [-0.25, -0.2) is 0 Å². The summed E-state index contributed by atoms with van der Waals surface area (Å²) in [6.45, 7) is 12.5. The fraction of sp³-hybridized carbons (Fsp3) is 0.786. The van der Waals surface area contributed by atoms with Crippen LogP contribution in [-0.4, -0.2) is 181 Å². The molecule has 0 atom stereocenters. The predicted octanol–water partition coefficient (Wildman–Crippen LogP) is 4.15. The number of imide groups is 1. The number of hydrogen-bond donors (Lipinski definition) is 0. The first-order valence-electron chi connectivity index (χ1n) is 21.1. The van der Waals surface area contributed by atoms with Crippen molar-refractivity contribution in [1.82, 2.24) is 4.90 Å². The molecule has 58 heavy (non-hydrogen) atoms. The molecule has 1 heterocycles. The zero-order valence-electron chi connectivity index (χ0n) is 35.0. The highest BCUT2D eigenvalue weighted by Crippen LogP contribution is 2.21. The number of nitrogens with zero attached hydrogens (tertiary/aromatic N) is 1. The van der Waals surface area contributed by atoms with Crippen molar-refractivity contribution >= 4 is 17.8 Å². The summed E-state index contributed by atoms with van der Waals surface area (Å²) in [7, 11) is 0. The second kappa shape index (κ2) is 38.6. The first-order chi connectivity index (χ1) is 28.6. The normalized spacial score (nSPS) is 12.5. The van der Waals surface area contributed by atoms with Crippen LogP contribution in [0.25, 0.3) is 0 Å². The average molecular weight is 830 g/mol. The van der Waals surface area contributed by atoms with Crippen molar-refractivity contribution in [3.8, 4) is 0 Å². The Morgan fingerprint density at radius 3 is 1.05 bits per heavy atom. The van der Waals surface area contributed by atoms with Crippen molar-refractivity contribution in [2.45, 2.75) is 58.3 Å². The molecule has 0 spiro atoms. The van der Waals surface area contributed by atoms with E-state index in [0.29, 0.717) is 156 Å². The Balaban J connectivity index is 1.15. The fourth-order valence-corrected chi connectivity index (χ4v) is 5.41. The number of unbranched alkanes of at least 4 members (excludes halogenated alkanes) is 6. The van der Waals surface area contributed by atoms with Crippen LogP contribution in [0.4, 0.5) is 0 Å². The topological polar surface area (TPSA) is 165 Å². The molecular weight excluding hydrogens is 758 g/mol. The number of ether oxygens (including phenoxy) is 12. The van der Waals surface area contributed by atoms with E-state index in [0.717, 1.165) is 12.8 Å². The van der Waals surface area contributed by atoms with E-state index in [4.69, 9.17) is 56.8 Å². The second-order valence-electron chi connectivity index (χ2n) is 13.1. The van der Waals surface area contributed by atoms with Gasteiger partial charge in [0.05, 0.1) is 163 Å². The quantitative estimate of drug-likeness (QED) is 0.0523. The molecule has 1 aliphatic heterocycles. The largest absolute Gasteiger partial charge is 0.463 e. The zero-order valence-corrected chi connectivity index (χ0v) is 35.0. The Bertz CT molecular complexity index is 1110. The number of rotatable bonds is 44. The third-order valence-electron chi connectivity index (χ3n) is 8.53. The van der Waals surface area contributed by atoms with E-state index in [-0.39, 0.29) is 37.5 Å². The highest BCUT2D eigenvalue weighted by Gasteiger charge is 2.34. The standard InChI is InChI=1S/C42H71NO15/c1-2-3-4-5-6-7-8-13-40(44)58-37-36-57-35-34-56-33-32-55-31-30-54-29-28-53-27-26-52-25-24-51-23-22-50-21-20-49-19-18-48-17-16-47-15-14-43-41(45)38-11-9-10-12-39(38)42(43)46/h9-12H,2-8,13-37H2,1H3. The molecule has 2 amide bonds. The van der Waals surface area contributed by atoms with Crippen LogP contribution in [0.2, 0.25) is 0 Å². The minimum absolute atomic E-state index is 0.147. The number of fused-ring (bicyclic) bond motifs is 1. The van der Waals surface area contributed by atoms with Crippen LogP contribution in [0.15, 0.2) is 24.3 Å². The van der Waals surface area contributed by atoms with Gasteiger partial charge in [-0.3, -0.25) is 19.3 Å². The molecule has 1 aromatic carbocycles. The summed E-state index contributed by atoms with van der Waals surface area (Å²) in [5.74, 6) is -0.709. The number of hydrogen-bond acceptors (Lipinski definition) is 15. The van der Waals surface area contributed by atoms with Crippen LogP contribution >= 0.6 is 0 Å². The van der Waals surface area contributed by atoms with Crippen molar-refractivity contribution in [3.05, 3.63) is 35.4 Å². The van der Waals surface area contributed by atoms with Crippen molar-refractivity contribution in [2.24, 2.45) is 0 Å². The van der Waals surface area contributed by atoms with Crippen LogP contribution in [0.1, 0.15) is 79.0 Å². The molecule has 0 N–H and O–H groups in total.